The summed E-state index contributed by atoms with van der Waals surface area (Å²) in [5, 5.41) is 6.34. The van der Waals surface area contributed by atoms with Gasteiger partial charge >= 0.3 is 0 Å². The summed E-state index contributed by atoms with van der Waals surface area (Å²) in [4.78, 5) is 2.02. The highest BCUT2D eigenvalue weighted by atomic mass is 19.2. The van der Waals surface area contributed by atoms with Crippen molar-refractivity contribution in [1.82, 2.24) is 16.1 Å². The number of anilines is 1. The zero-order valence-corrected chi connectivity index (χ0v) is 19.3. The number of halogens is 3. The molecule has 0 amide bonds. The fraction of sp³-hybridized carbons (Fsp3) is 0.296. The van der Waals surface area contributed by atoms with Crippen LogP contribution < -0.4 is 16.0 Å². The second-order valence-corrected chi connectivity index (χ2v) is 8.98. The molecular weight excluding hydrogens is 451 g/mol. The molecule has 1 unspecified atom stereocenters. The SMILES string of the molecule is Fc1ccccc1N1CCC(C(C2=NNNN2CCc2ccccc2)c2cccc(F)c2F)CC1. The van der Waals surface area contributed by atoms with Crippen LogP contribution >= 0.6 is 0 Å². The third-order valence-corrected chi connectivity index (χ3v) is 6.90. The molecule has 2 heterocycles. The Balaban J connectivity index is 1.39. The van der Waals surface area contributed by atoms with Gasteiger partial charge in [-0.2, -0.15) is 0 Å². The standard InChI is InChI=1S/C27H28F3N5/c28-22-10-4-5-12-24(22)34-16-14-20(15-17-34)25(21-9-6-11-23(29)26(21)30)27-31-32-33-35(27)18-13-19-7-2-1-3-8-19/h1-12,20,25,32-33H,13-18H2. The number of hydrazine groups is 2. The lowest BCUT2D eigenvalue weighted by Gasteiger charge is -2.38. The highest BCUT2D eigenvalue weighted by Crippen LogP contribution is 2.38. The van der Waals surface area contributed by atoms with Crippen LogP contribution in [-0.2, 0) is 6.42 Å². The Morgan fingerprint density at radius 3 is 2.34 bits per heavy atom. The molecule has 2 aliphatic rings. The normalized spacial score (nSPS) is 17.3. The second kappa shape index (κ2) is 10.4. The molecule has 182 valence electrons. The lowest BCUT2D eigenvalue weighted by atomic mass is 9.78. The largest absolute Gasteiger partial charge is 0.369 e. The van der Waals surface area contributed by atoms with E-state index in [1.807, 2.05) is 34.2 Å². The Hall–Kier alpha value is -3.52. The van der Waals surface area contributed by atoms with E-state index >= 15 is 4.39 Å². The first-order valence-corrected chi connectivity index (χ1v) is 11.9. The van der Waals surface area contributed by atoms with Gasteiger partial charge in [0.1, 0.15) is 11.7 Å². The highest BCUT2D eigenvalue weighted by Gasteiger charge is 2.38. The minimum atomic E-state index is -0.869. The van der Waals surface area contributed by atoms with Crippen molar-refractivity contribution < 1.29 is 13.2 Å². The number of piperidine rings is 1. The molecule has 1 atom stereocenters. The molecule has 2 aliphatic heterocycles. The van der Waals surface area contributed by atoms with Gasteiger partial charge in [0.05, 0.1) is 11.6 Å². The summed E-state index contributed by atoms with van der Waals surface area (Å²) < 4.78 is 43.7. The maximum absolute atomic E-state index is 15.1. The van der Waals surface area contributed by atoms with Crippen LogP contribution in [0.1, 0.15) is 29.9 Å². The topological polar surface area (TPSA) is 42.9 Å². The third-order valence-electron chi connectivity index (χ3n) is 6.90. The van der Waals surface area contributed by atoms with Gasteiger partial charge in [0.2, 0.25) is 0 Å². The number of hydrogen-bond donors (Lipinski definition) is 2. The maximum atomic E-state index is 15.1. The van der Waals surface area contributed by atoms with Crippen molar-refractivity contribution in [2.24, 2.45) is 11.0 Å². The van der Waals surface area contributed by atoms with E-state index < -0.39 is 17.6 Å². The van der Waals surface area contributed by atoms with Gasteiger partial charge in [-0.05, 0) is 48.9 Å². The number of benzene rings is 3. The zero-order chi connectivity index (χ0) is 24.2. The molecular formula is C27H28F3N5. The van der Waals surface area contributed by atoms with Crippen LogP contribution in [0.15, 0.2) is 77.9 Å². The van der Waals surface area contributed by atoms with Crippen LogP contribution in [0.3, 0.4) is 0 Å². The molecule has 0 saturated carbocycles. The quantitative estimate of drug-likeness (QED) is 0.502. The molecule has 5 nitrogen and oxygen atoms in total. The Kier molecular flexibility index (Phi) is 6.90. The summed E-state index contributed by atoms with van der Waals surface area (Å²) >= 11 is 0. The van der Waals surface area contributed by atoms with Crippen molar-refractivity contribution in [2.75, 3.05) is 24.5 Å². The molecule has 3 aromatic rings. The summed E-state index contributed by atoms with van der Waals surface area (Å²) in [6, 6.07) is 21.1. The average molecular weight is 480 g/mol. The molecule has 35 heavy (non-hydrogen) atoms. The van der Waals surface area contributed by atoms with Gasteiger partial charge in [0.15, 0.2) is 11.6 Å². The van der Waals surface area contributed by atoms with Gasteiger partial charge in [-0.1, -0.05) is 54.6 Å². The zero-order valence-electron chi connectivity index (χ0n) is 19.3. The number of para-hydroxylation sites is 1. The smallest absolute Gasteiger partial charge is 0.162 e. The monoisotopic (exact) mass is 479 g/mol. The molecule has 0 radical (unpaired) electrons. The van der Waals surface area contributed by atoms with Crippen LogP contribution in [0, 0.1) is 23.4 Å². The first-order valence-electron chi connectivity index (χ1n) is 11.9. The molecule has 1 fully saturated rings. The number of amidine groups is 1. The van der Waals surface area contributed by atoms with E-state index in [1.54, 1.807) is 24.3 Å². The van der Waals surface area contributed by atoms with E-state index in [4.69, 9.17) is 0 Å². The van der Waals surface area contributed by atoms with Crippen molar-refractivity contribution in [2.45, 2.75) is 25.2 Å². The summed E-state index contributed by atoms with van der Waals surface area (Å²) in [5.74, 6) is -1.77. The highest BCUT2D eigenvalue weighted by molar-refractivity contribution is 5.89. The van der Waals surface area contributed by atoms with Gasteiger partial charge in [-0.3, -0.25) is 5.01 Å². The van der Waals surface area contributed by atoms with Crippen molar-refractivity contribution in [3.63, 3.8) is 0 Å². The van der Waals surface area contributed by atoms with Crippen molar-refractivity contribution in [1.29, 1.82) is 0 Å². The first kappa shape index (κ1) is 23.2. The number of nitrogens with one attached hydrogen (secondary N) is 2. The van der Waals surface area contributed by atoms with Crippen LogP contribution in [0.4, 0.5) is 18.9 Å². The molecule has 0 aromatic heterocycles. The summed E-state index contributed by atoms with van der Waals surface area (Å²) in [6.45, 7) is 1.85. The summed E-state index contributed by atoms with van der Waals surface area (Å²) in [5.41, 5.74) is 7.90. The molecule has 5 rings (SSSR count). The number of nitrogens with zero attached hydrogens (tertiary/aromatic N) is 3. The minimum Gasteiger partial charge on any atom is -0.369 e. The van der Waals surface area contributed by atoms with E-state index in [2.05, 4.69) is 28.3 Å². The van der Waals surface area contributed by atoms with Gasteiger partial charge in [-0.25, -0.2) is 18.7 Å². The molecule has 0 bridgehead atoms. The maximum Gasteiger partial charge on any atom is 0.162 e. The second-order valence-electron chi connectivity index (χ2n) is 8.98. The lowest BCUT2D eigenvalue weighted by Crippen LogP contribution is -2.46. The summed E-state index contributed by atoms with van der Waals surface area (Å²) in [7, 11) is 0. The van der Waals surface area contributed by atoms with E-state index in [9.17, 15) is 8.78 Å². The van der Waals surface area contributed by atoms with E-state index in [0.717, 1.165) is 12.5 Å². The Morgan fingerprint density at radius 2 is 1.57 bits per heavy atom. The predicted octanol–water partition coefficient (Wildman–Crippen LogP) is 4.99. The van der Waals surface area contributed by atoms with Gasteiger partial charge < -0.3 is 4.90 Å². The third kappa shape index (κ3) is 4.98. The lowest BCUT2D eigenvalue weighted by molar-refractivity contribution is 0.278. The van der Waals surface area contributed by atoms with Gasteiger partial charge in [-0.15, -0.1) is 10.6 Å². The van der Waals surface area contributed by atoms with E-state index in [0.29, 0.717) is 49.6 Å². The Morgan fingerprint density at radius 1 is 0.857 bits per heavy atom. The van der Waals surface area contributed by atoms with Crippen LogP contribution in [-0.4, -0.2) is 30.5 Å². The number of hydrazone groups is 1. The number of rotatable bonds is 7. The molecule has 2 N–H and O–H groups in total. The van der Waals surface area contributed by atoms with Crippen molar-refractivity contribution in [3.05, 3.63) is 101 Å². The summed E-state index contributed by atoms with van der Waals surface area (Å²) in [6.07, 6.45) is 2.15. The minimum absolute atomic E-state index is 0.00833. The molecule has 0 spiro atoms. The van der Waals surface area contributed by atoms with Gasteiger partial charge in [0, 0.05) is 25.2 Å². The van der Waals surface area contributed by atoms with Crippen molar-refractivity contribution >= 4 is 11.5 Å². The number of hydrogen-bond acceptors (Lipinski definition) is 5. The Bertz CT molecular complexity index is 1180. The van der Waals surface area contributed by atoms with Gasteiger partial charge in [0.25, 0.3) is 0 Å². The molecule has 8 heteroatoms. The fourth-order valence-electron chi connectivity index (χ4n) is 5.10. The first-order chi connectivity index (χ1) is 17.1. The molecule has 0 aliphatic carbocycles. The Labute approximate surface area is 203 Å². The van der Waals surface area contributed by atoms with Crippen LogP contribution in [0.2, 0.25) is 0 Å². The molecule has 3 aromatic carbocycles. The fourth-order valence-corrected chi connectivity index (χ4v) is 5.10. The van der Waals surface area contributed by atoms with Crippen LogP contribution in [0.25, 0.3) is 0 Å². The van der Waals surface area contributed by atoms with Crippen LogP contribution in [0.5, 0.6) is 0 Å². The predicted molar refractivity (Wildman–Crippen MR) is 131 cm³/mol. The molecule has 1 saturated heterocycles. The van der Waals surface area contributed by atoms with E-state index in [-0.39, 0.29) is 11.7 Å². The van der Waals surface area contributed by atoms with Crippen molar-refractivity contribution in [3.8, 4) is 0 Å². The van der Waals surface area contributed by atoms with E-state index in [1.165, 1.54) is 11.6 Å². The average Bonchev–Trinajstić information content (AvgIpc) is 3.35.